The van der Waals surface area contributed by atoms with Crippen molar-refractivity contribution in [3.63, 3.8) is 0 Å². The van der Waals surface area contributed by atoms with Gasteiger partial charge in [0, 0.05) is 45.5 Å². The fourth-order valence-corrected chi connectivity index (χ4v) is 8.41. The number of esters is 2. The number of fused-ring (bicyclic) bond motifs is 1. The Balaban J connectivity index is 2.19. The molecule has 1 aromatic rings. The molecule has 17 heteroatoms. The van der Waals surface area contributed by atoms with Crippen LogP contribution in [0.1, 0.15) is 45.7 Å². The van der Waals surface area contributed by atoms with Gasteiger partial charge in [-0.2, -0.15) is 4.31 Å². The Kier molecular flexibility index (Phi) is 11.8. The molecule has 0 aliphatic carbocycles. The fraction of sp³-hybridized carbons (Fsp3) is 0.682. The summed E-state index contributed by atoms with van der Waals surface area (Å²) in [5.74, 6) is -3.08. The SMILES string of the molecule is CCN[C@H]1CN(CCCOC)S(=O)(=O)c2sc(S(=O)(=O)NC(=O)[C@H](C)OC(=O)[C@H](C)OC(=O)[C@H](C)OC)cc21. The van der Waals surface area contributed by atoms with E-state index in [2.05, 4.69) is 5.32 Å². The van der Waals surface area contributed by atoms with E-state index in [0.717, 1.165) is 6.92 Å². The number of ether oxygens (including phenoxy) is 4. The van der Waals surface area contributed by atoms with Crippen LogP contribution in [0.25, 0.3) is 0 Å². The van der Waals surface area contributed by atoms with Gasteiger partial charge in [-0.1, -0.05) is 6.92 Å². The van der Waals surface area contributed by atoms with Crippen molar-refractivity contribution in [2.45, 2.75) is 66.9 Å². The second-order valence-corrected chi connectivity index (χ2v) is 13.7. The Morgan fingerprint density at radius 3 is 2.31 bits per heavy atom. The number of methoxy groups -OCH3 is 2. The van der Waals surface area contributed by atoms with E-state index in [4.69, 9.17) is 18.9 Å². The van der Waals surface area contributed by atoms with Crippen molar-refractivity contribution in [3.05, 3.63) is 11.6 Å². The molecule has 1 aromatic heterocycles. The van der Waals surface area contributed by atoms with Crippen molar-refractivity contribution in [3.8, 4) is 0 Å². The number of nitrogens with zero attached hydrogens (tertiary/aromatic N) is 1. The van der Waals surface area contributed by atoms with Crippen LogP contribution in [0.2, 0.25) is 0 Å². The zero-order valence-corrected chi connectivity index (χ0v) is 25.0. The molecule has 39 heavy (non-hydrogen) atoms. The van der Waals surface area contributed by atoms with Crippen molar-refractivity contribution in [1.29, 1.82) is 0 Å². The molecule has 0 saturated carbocycles. The molecule has 222 valence electrons. The summed E-state index contributed by atoms with van der Waals surface area (Å²) in [5.41, 5.74) is 0.290. The van der Waals surface area contributed by atoms with Gasteiger partial charge in [-0.3, -0.25) is 4.79 Å². The largest absolute Gasteiger partial charge is 0.450 e. The Morgan fingerprint density at radius 2 is 1.72 bits per heavy atom. The highest BCUT2D eigenvalue weighted by atomic mass is 32.3. The third-order valence-electron chi connectivity index (χ3n) is 5.72. The Morgan fingerprint density at radius 1 is 1.10 bits per heavy atom. The molecular formula is C22H35N3O11S3. The summed E-state index contributed by atoms with van der Waals surface area (Å²) in [6, 6.07) is 0.763. The van der Waals surface area contributed by atoms with Crippen LogP contribution in [0, 0.1) is 0 Å². The van der Waals surface area contributed by atoms with Crippen LogP contribution < -0.4 is 10.0 Å². The van der Waals surface area contributed by atoms with E-state index in [0.29, 0.717) is 30.9 Å². The number of nitrogens with one attached hydrogen (secondary N) is 2. The highest BCUT2D eigenvalue weighted by Crippen LogP contribution is 2.40. The quantitative estimate of drug-likeness (QED) is 0.214. The van der Waals surface area contributed by atoms with Crippen LogP contribution in [-0.4, -0.2) is 97.8 Å². The molecule has 0 aromatic carbocycles. The minimum atomic E-state index is -4.52. The standard InChI is InChI=1S/C22H35N3O11S3/c1-7-23-17-12-25(9-8-10-33-5)39(31,32)22-16(17)11-18(37-22)38(29,30)24-19(26)13(2)35-21(28)15(4)36-20(27)14(3)34-6/h11,13-15,17,23H,7-10,12H2,1-6H3,(H,24,26)/t13-,14-,15-,17-/m0/s1. The predicted molar refractivity (Wildman–Crippen MR) is 139 cm³/mol. The average Bonchev–Trinajstić information content (AvgIpc) is 3.34. The van der Waals surface area contributed by atoms with Gasteiger partial charge in [-0.05, 0) is 39.8 Å². The van der Waals surface area contributed by atoms with E-state index in [-0.39, 0.29) is 27.1 Å². The second-order valence-electron chi connectivity index (χ2n) is 8.63. The number of sulfonamides is 2. The number of rotatable bonds is 14. The number of hydrogen-bond acceptors (Lipinski definition) is 13. The van der Waals surface area contributed by atoms with E-state index in [1.54, 1.807) is 0 Å². The molecule has 14 nitrogen and oxygen atoms in total. The number of hydrogen-bond donors (Lipinski definition) is 2. The van der Waals surface area contributed by atoms with Gasteiger partial charge >= 0.3 is 11.9 Å². The molecule has 1 amide bonds. The molecule has 2 N–H and O–H groups in total. The molecular weight excluding hydrogens is 578 g/mol. The number of carbonyl (C=O) groups excluding carboxylic acids is 3. The van der Waals surface area contributed by atoms with Crippen LogP contribution in [0.5, 0.6) is 0 Å². The van der Waals surface area contributed by atoms with E-state index >= 15 is 0 Å². The lowest BCUT2D eigenvalue weighted by atomic mass is 10.1. The molecule has 2 heterocycles. The molecule has 4 atom stereocenters. The smallest absolute Gasteiger partial charge is 0.347 e. The first kappa shape index (κ1) is 33.1. The third kappa shape index (κ3) is 8.18. The predicted octanol–water partition coefficient (Wildman–Crippen LogP) is 0.143. The van der Waals surface area contributed by atoms with Crippen LogP contribution in [0.3, 0.4) is 0 Å². The summed E-state index contributed by atoms with van der Waals surface area (Å²) in [6.45, 7) is 6.77. The Hall–Kier alpha value is -2.15. The molecule has 1 aliphatic rings. The summed E-state index contributed by atoms with van der Waals surface area (Å²) in [6.07, 6.45) is -3.43. The van der Waals surface area contributed by atoms with Gasteiger partial charge in [-0.25, -0.2) is 31.1 Å². The molecule has 1 aliphatic heterocycles. The maximum atomic E-state index is 13.2. The Bertz CT molecular complexity index is 1250. The molecule has 2 rings (SSSR count). The zero-order valence-electron chi connectivity index (χ0n) is 22.6. The van der Waals surface area contributed by atoms with Gasteiger partial charge in [0.25, 0.3) is 26.0 Å². The van der Waals surface area contributed by atoms with Crippen LogP contribution >= 0.6 is 11.3 Å². The van der Waals surface area contributed by atoms with E-state index in [1.807, 2.05) is 11.6 Å². The number of carbonyl (C=O) groups is 3. The second kappa shape index (κ2) is 14.0. The Labute approximate surface area is 232 Å². The first-order valence-electron chi connectivity index (χ1n) is 12.1. The summed E-state index contributed by atoms with van der Waals surface area (Å²) in [4.78, 5) is 36.5. The van der Waals surface area contributed by atoms with Crippen LogP contribution in [0.4, 0.5) is 0 Å². The number of thiophene rings is 1. The maximum Gasteiger partial charge on any atom is 0.347 e. The zero-order chi connectivity index (χ0) is 29.5. The average molecular weight is 614 g/mol. The topological polar surface area (TPSA) is 184 Å². The lowest BCUT2D eigenvalue weighted by Crippen LogP contribution is -2.43. The highest BCUT2D eigenvalue weighted by molar-refractivity contribution is 7.94. The molecule has 0 fully saturated rings. The molecule has 0 bridgehead atoms. The van der Waals surface area contributed by atoms with Crippen molar-refractivity contribution in [1.82, 2.24) is 14.3 Å². The first-order valence-corrected chi connectivity index (χ1v) is 15.8. The van der Waals surface area contributed by atoms with E-state index < -0.39 is 62.2 Å². The summed E-state index contributed by atoms with van der Waals surface area (Å²) in [7, 11) is -5.72. The number of likely N-dealkylation sites (N-methyl/N-ethyl adjacent to an activating group) is 1. The van der Waals surface area contributed by atoms with E-state index in [9.17, 15) is 31.2 Å². The van der Waals surface area contributed by atoms with Gasteiger partial charge < -0.3 is 24.3 Å². The van der Waals surface area contributed by atoms with Gasteiger partial charge in [0.2, 0.25) is 0 Å². The van der Waals surface area contributed by atoms with Crippen LogP contribution in [0.15, 0.2) is 14.5 Å². The van der Waals surface area contributed by atoms with Gasteiger partial charge in [0.05, 0.1) is 0 Å². The fourth-order valence-electron chi connectivity index (χ4n) is 3.48. The molecule has 0 radical (unpaired) electrons. The first-order chi connectivity index (χ1) is 18.2. The maximum absolute atomic E-state index is 13.2. The van der Waals surface area contributed by atoms with Gasteiger partial charge in [0.15, 0.2) is 18.3 Å². The number of amides is 1. The van der Waals surface area contributed by atoms with Crippen molar-refractivity contribution >= 4 is 49.2 Å². The molecule has 0 saturated heterocycles. The monoisotopic (exact) mass is 613 g/mol. The summed E-state index contributed by atoms with van der Waals surface area (Å²) >= 11 is 0.525. The molecule has 0 unspecified atom stereocenters. The third-order valence-corrected chi connectivity index (χ3v) is 11.1. The van der Waals surface area contributed by atoms with Gasteiger partial charge in [-0.15, -0.1) is 11.3 Å². The van der Waals surface area contributed by atoms with Crippen molar-refractivity contribution in [2.75, 3.05) is 40.5 Å². The summed E-state index contributed by atoms with van der Waals surface area (Å²) < 4.78 is 74.7. The lowest BCUT2D eigenvalue weighted by molar-refractivity contribution is -0.175. The van der Waals surface area contributed by atoms with Gasteiger partial charge in [0.1, 0.15) is 8.42 Å². The highest BCUT2D eigenvalue weighted by Gasteiger charge is 2.40. The summed E-state index contributed by atoms with van der Waals surface area (Å²) in [5, 5.41) is 3.16. The lowest BCUT2D eigenvalue weighted by Gasteiger charge is -2.32. The van der Waals surface area contributed by atoms with E-state index in [1.165, 1.54) is 38.4 Å². The normalized spacial score (nSPS) is 19.4. The minimum Gasteiger partial charge on any atom is -0.450 e. The van der Waals surface area contributed by atoms with Crippen LogP contribution in [-0.2, 0) is 53.4 Å². The van der Waals surface area contributed by atoms with Crippen molar-refractivity contribution < 1.29 is 50.2 Å². The molecule has 0 spiro atoms. The minimum absolute atomic E-state index is 0.106. The van der Waals surface area contributed by atoms with Crippen molar-refractivity contribution in [2.24, 2.45) is 0 Å².